The van der Waals surface area contributed by atoms with E-state index in [4.69, 9.17) is 4.74 Å². The van der Waals surface area contributed by atoms with E-state index in [-0.39, 0.29) is 11.9 Å². The number of carbonyl (C=O) groups is 1. The zero-order valence-electron chi connectivity index (χ0n) is 18.1. The fourth-order valence-electron chi connectivity index (χ4n) is 3.95. The van der Waals surface area contributed by atoms with Gasteiger partial charge in [0, 0.05) is 59.0 Å². The van der Waals surface area contributed by atoms with Gasteiger partial charge in [-0.1, -0.05) is 30.4 Å². The van der Waals surface area contributed by atoms with Crippen LogP contribution < -0.4 is 9.64 Å². The number of carbonyl (C=O) groups excluding carboxylic acids is 1. The van der Waals surface area contributed by atoms with Gasteiger partial charge >= 0.3 is 0 Å². The summed E-state index contributed by atoms with van der Waals surface area (Å²) in [5.41, 5.74) is 3.19. The van der Waals surface area contributed by atoms with E-state index in [1.165, 1.54) is 11.3 Å². The first kappa shape index (κ1) is 21.3. The van der Waals surface area contributed by atoms with Crippen LogP contribution in [0.1, 0.15) is 27.2 Å². The molecule has 3 rings (SSSR count). The summed E-state index contributed by atoms with van der Waals surface area (Å²) in [5.74, 6) is 1.36. The predicted molar refractivity (Wildman–Crippen MR) is 120 cm³/mol. The molecule has 0 amide bonds. The van der Waals surface area contributed by atoms with E-state index in [9.17, 15) is 4.79 Å². The van der Waals surface area contributed by atoms with Gasteiger partial charge in [0.1, 0.15) is 5.75 Å². The quantitative estimate of drug-likeness (QED) is 0.597. The minimum absolute atomic E-state index is 0.0768. The number of ketones is 1. The number of rotatable bonds is 9. The third kappa shape index (κ3) is 5.57. The zero-order valence-corrected chi connectivity index (χ0v) is 18.1. The summed E-state index contributed by atoms with van der Waals surface area (Å²) in [6, 6.07) is 8.31. The Labute approximate surface area is 174 Å². The van der Waals surface area contributed by atoms with Crippen LogP contribution in [-0.4, -0.2) is 62.3 Å². The molecule has 5 heteroatoms. The molecule has 1 saturated heterocycles. The summed E-state index contributed by atoms with van der Waals surface area (Å²) in [4.78, 5) is 21.0. The number of piperazine rings is 1. The van der Waals surface area contributed by atoms with Crippen molar-refractivity contribution in [3.63, 3.8) is 0 Å². The second kappa shape index (κ2) is 9.88. The Morgan fingerprint density at radius 2 is 1.86 bits per heavy atom. The number of ether oxygens (including phenoxy) is 1. The van der Waals surface area contributed by atoms with Crippen molar-refractivity contribution >= 4 is 17.2 Å². The van der Waals surface area contributed by atoms with E-state index in [2.05, 4.69) is 65.1 Å². The van der Waals surface area contributed by atoms with Crippen LogP contribution in [0.4, 0.5) is 5.69 Å². The van der Waals surface area contributed by atoms with Gasteiger partial charge in [-0.2, -0.15) is 0 Å². The van der Waals surface area contributed by atoms with Crippen LogP contribution in [0.5, 0.6) is 5.75 Å². The van der Waals surface area contributed by atoms with E-state index in [1.54, 1.807) is 14.0 Å². The SMILES string of the molecule is CN=C(CC(CN1CCN(c2ccccc2OC(C)C)CC1)C1=CC=C1)C(C)=O. The van der Waals surface area contributed by atoms with Gasteiger partial charge < -0.3 is 9.64 Å². The lowest BCUT2D eigenvalue weighted by atomic mass is 9.87. The molecule has 0 radical (unpaired) electrons. The summed E-state index contributed by atoms with van der Waals surface area (Å²) < 4.78 is 6.01. The first-order valence-corrected chi connectivity index (χ1v) is 10.6. The van der Waals surface area contributed by atoms with Crippen molar-refractivity contribution < 1.29 is 9.53 Å². The van der Waals surface area contributed by atoms with Crippen LogP contribution in [0.2, 0.25) is 0 Å². The molecule has 1 heterocycles. The highest BCUT2D eigenvalue weighted by Crippen LogP contribution is 2.30. The Kier molecular flexibility index (Phi) is 7.26. The van der Waals surface area contributed by atoms with E-state index in [0.29, 0.717) is 18.1 Å². The van der Waals surface area contributed by atoms with Gasteiger partial charge in [0.05, 0.1) is 17.5 Å². The molecular weight excluding hydrogens is 362 g/mol. The number of hydrogen-bond acceptors (Lipinski definition) is 5. The van der Waals surface area contributed by atoms with Crippen LogP contribution in [-0.2, 0) is 4.79 Å². The highest BCUT2D eigenvalue weighted by Gasteiger charge is 2.25. The van der Waals surface area contributed by atoms with Crippen molar-refractivity contribution in [2.75, 3.05) is 44.7 Å². The van der Waals surface area contributed by atoms with Gasteiger partial charge in [-0.25, -0.2) is 0 Å². The lowest BCUT2D eigenvalue weighted by Gasteiger charge is -2.38. The second-order valence-corrected chi connectivity index (χ2v) is 8.08. The Morgan fingerprint density at radius 1 is 1.17 bits per heavy atom. The van der Waals surface area contributed by atoms with Gasteiger partial charge in [0.25, 0.3) is 0 Å². The number of para-hydroxylation sites is 2. The predicted octanol–water partition coefficient (Wildman–Crippen LogP) is 3.76. The maximum atomic E-state index is 11.8. The number of hydrogen-bond donors (Lipinski definition) is 0. The molecule has 0 spiro atoms. The Balaban J connectivity index is 1.60. The maximum absolute atomic E-state index is 11.8. The summed E-state index contributed by atoms with van der Waals surface area (Å²) in [6.07, 6.45) is 7.27. The Hall–Kier alpha value is -2.40. The van der Waals surface area contributed by atoms with Crippen molar-refractivity contribution in [3.05, 3.63) is 48.1 Å². The van der Waals surface area contributed by atoms with E-state index in [1.807, 2.05) is 6.07 Å². The van der Waals surface area contributed by atoms with Crippen LogP contribution in [0.25, 0.3) is 0 Å². The molecule has 0 N–H and O–H groups in total. The molecule has 1 aliphatic carbocycles. The average Bonchev–Trinajstić information content (AvgIpc) is 2.65. The number of aliphatic imine (C=N–C) groups is 1. The van der Waals surface area contributed by atoms with Crippen LogP contribution in [0.15, 0.2) is 53.1 Å². The molecule has 1 unspecified atom stereocenters. The number of anilines is 1. The minimum atomic E-state index is 0.0768. The van der Waals surface area contributed by atoms with E-state index >= 15 is 0 Å². The van der Waals surface area contributed by atoms with Gasteiger partial charge in [-0.05, 0) is 31.6 Å². The van der Waals surface area contributed by atoms with Crippen molar-refractivity contribution in [2.45, 2.75) is 33.3 Å². The third-order valence-corrected chi connectivity index (χ3v) is 5.58. The topological polar surface area (TPSA) is 45.1 Å². The molecule has 1 aliphatic heterocycles. The molecule has 156 valence electrons. The first-order chi connectivity index (χ1) is 14.0. The van der Waals surface area contributed by atoms with Crippen molar-refractivity contribution in [2.24, 2.45) is 10.9 Å². The van der Waals surface area contributed by atoms with Gasteiger partial charge in [-0.15, -0.1) is 0 Å². The van der Waals surface area contributed by atoms with Gasteiger partial charge in [-0.3, -0.25) is 14.7 Å². The summed E-state index contributed by atoms with van der Waals surface area (Å²) in [7, 11) is 1.72. The fraction of sp³-hybridized carbons (Fsp3) is 0.500. The number of allylic oxidation sites excluding steroid dienone is 3. The largest absolute Gasteiger partial charge is 0.489 e. The molecule has 0 bridgehead atoms. The molecule has 0 saturated carbocycles. The molecule has 1 fully saturated rings. The van der Waals surface area contributed by atoms with Crippen LogP contribution in [0, 0.1) is 5.92 Å². The van der Waals surface area contributed by atoms with Gasteiger partial charge in [0.15, 0.2) is 5.78 Å². The number of Topliss-reactive ketones (excluding diaryl/α,β-unsaturated/α-hetero) is 1. The summed E-state index contributed by atoms with van der Waals surface area (Å²) >= 11 is 0. The molecule has 1 aromatic carbocycles. The summed E-state index contributed by atoms with van der Waals surface area (Å²) in [5, 5.41) is 0. The van der Waals surface area contributed by atoms with Crippen LogP contribution in [0.3, 0.4) is 0 Å². The smallest absolute Gasteiger partial charge is 0.173 e. The third-order valence-electron chi connectivity index (χ3n) is 5.58. The van der Waals surface area contributed by atoms with Crippen molar-refractivity contribution in [1.82, 2.24) is 4.90 Å². The fourth-order valence-corrected chi connectivity index (χ4v) is 3.95. The maximum Gasteiger partial charge on any atom is 0.173 e. The van der Waals surface area contributed by atoms with Crippen LogP contribution >= 0.6 is 0 Å². The zero-order chi connectivity index (χ0) is 20.8. The van der Waals surface area contributed by atoms with Crippen molar-refractivity contribution in [1.29, 1.82) is 0 Å². The normalized spacial score (nSPS) is 18.4. The summed E-state index contributed by atoms with van der Waals surface area (Å²) in [6.45, 7) is 10.6. The number of benzene rings is 1. The molecule has 5 nitrogen and oxygen atoms in total. The highest BCUT2D eigenvalue weighted by molar-refractivity contribution is 6.39. The lowest BCUT2D eigenvalue weighted by molar-refractivity contribution is -0.111. The lowest BCUT2D eigenvalue weighted by Crippen LogP contribution is -2.48. The van der Waals surface area contributed by atoms with Crippen molar-refractivity contribution in [3.8, 4) is 5.75 Å². The monoisotopic (exact) mass is 395 g/mol. The molecule has 1 atom stereocenters. The molecule has 2 aliphatic rings. The molecule has 29 heavy (non-hydrogen) atoms. The first-order valence-electron chi connectivity index (χ1n) is 10.6. The molecular formula is C24H33N3O2. The minimum Gasteiger partial charge on any atom is -0.489 e. The average molecular weight is 396 g/mol. The number of nitrogens with zero attached hydrogens (tertiary/aromatic N) is 3. The highest BCUT2D eigenvalue weighted by atomic mass is 16.5. The molecule has 0 aromatic heterocycles. The standard InChI is InChI=1S/C24H33N3O2/c1-18(2)29-24-11-6-5-10-23(24)27-14-12-26(13-15-27)17-21(20-8-7-9-20)16-22(25-4)19(3)28/h5-11,18,21H,12-17H2,1-4H3. The van der Waals surface area contributed by atoms with Gasteiger partial charge in [0.2, 0.25) is 0 Å². The Morgan fingerprint density at radius 3 is 2.41 bits per heavy atom. The van der Waals surface area contributed by atoms with E-state index < -0.39 is 0 Å². The Bertz CT molecular complexity index is 802. The van der Waals surface area contributed by atoms with E-state index in [0.717, 1.165) is 38.5 Å². The second-order valence-electron chi connectivity index (χ2n) is 8.08. The molecule has 1 aromatic rings.